The van der Waals surface area contributed by atoms with E-state index in [2.05, 4.69) is 81.3 Å². The minimum absolute atomic E-state index is 0.773. The molecule has 3 nitrogen and oxygen atoms in total. The first-order chi connectivity index (χ1) is 9.65. The van der Waals surface area contributed by atoms with Gasteiger partial charge in [0.2, 0.25) is 0 Å². The Kier molecular flexibility index (Phi) is 3.49. The molecule has 2 heterocycles. The molecule has 3 rings (SSSR count). The van der Waals surface area contributed by atoms with Gasteiger partial charge in [0, 0.05) is 41.4 Å². The monoisotopic (exact) mass is 329 g/mol. The summed E-state index contributed by atoms with van der Waals surface area (Å²) >= 11 is 3.47. The highest BCUT2D eigenvalue weighted by Crippen LogP contribution is 2.22. The van der Waals surface area contributed by atoms with Gasteiger partial charge in [0.15, 0.2) is 0 Å². The standard InChI is InChI=1S/C16H16BrN3/c1-11-7-16(19-9-14(11)17)18-8-12-10-20(2)15-6-4-3-5-13(12)15/h3-7,9-10H,8H2,1-2H3,(H,18,19). The van der Waals surface area contributed by atoms with Gasteiger partial charge < -0.3 is 9.88 Å². The van der Waals surface area contributed by atoms with Crippen molar-refractivity contribution in [3.8, 4) is 0 Å². The maximum Gasteiger partial charge on any atom is 0.126 e. The molecule has 0 aliphatic heterocycles. The van der Waals surface area contributed by atoms with Gasteiger partial charge in [-0.1, -0.05) is 18.2 Å². The molecule has 0 atom stereocenters. The Morgan fingerprint density at radius 1 is 1.30 bits per heavy atom. The highest BCUT2D eigenvalue weighted by Gasteiger charge is 2.06. The van der Waals surface area contributed by atoms with Crippen LogP contribution in [0.3, 0.4) is 0 Å². The number of hydrogen-bond acceptors (Lipinski definition) is 2. The average Bonchev–Trinajstić information content (AvgIpc) is 2.78. The fraction of sp³-hybridized carbons (Fsp3) is 0.188. The van der Waals surface area contributed by atoms with Crippen molar-refractivity contribution < 1.29 is 0 Å². The van der Waals surface area contributed by atoms with Gasteiger partial charge in [-0.25, -0.2) is 4.98 Å². The Morgan fingerprint density at radius 2 is 2.10 bits per heavy atom. The van der Waals surface area contributed by atoms with Crippen molar-refractivity contribution in [2.45, 2.75) is 13.5 Å². The predicted octanol–water partition coefficient (Wildman–Crippen LogP) is 4.26. The molecule has 0 fully saturated rings. The van der Waals surface area contributed by atoms with E-state index >= 15 is 0 Å². The smallest absolute Gasteiger partial charge is 0.126 e. The summed E-state index contributed by atoms with van der Waals surface area (Å²) in [7, 11) is 2.08. The summed E-state index contributed by atoms with van der Waals surface area (Å²) in [6.07, 6.45) is 4.00. The third-order valence-corrected chi connectivity index (χ3v) is 4.32. The number of nitrogens with one attached hydrogen (secondary N) is 1. The number of rotatable bonds is 3. The normalized spacial score (nSPS) is 10.9. The topological polar surface area (TPSA) is 29.9 Å². The number of pyridine rings is 1. The molecular weight excluding hydrogens is 314 g/mol. The number of aromatic nitrogens is 2. The first-order valence-electron chi connectivity index (χ1n) is 6.54. The van der Waals surface area contributed by atoms with E-state index in [9.17, 15) is 0 Å². The van der Waals surface area contributed by atoms with Crippen LogP contribution in [0.25, 0.3) is 10.9 Å². The highest BCUT2D eigenvalue weighted by molar-refractivity contribution is 9.10. The fourth-order valence-corrected chi connectivity index (χ4v) is 2.61. The Balaban J connectivity index is 1.85. The van der Waals surface area contributed by atoms with Crippen molar-refractivity contribution >= 4 is 32.7 Å². The number of hydrogen-bond donors (Lipinski definition) is 1. The van der Waals surface area contributed by atoms with Crippen molar-refractivity contribution in [1.82, 2.24) is 9.55 Å². The van der Waals surface area contributed by atoms with Gasteiger partial charge in [0.05, 0.1) is 0 Å². The van der Waals surface area contributed by atoms with E-state index in [0.717, 1.165) is 16.8 Å². The van der Waals surface area contributed by atoms with Gasteiger partial charge in [-0.2, -0.15) is 0 Å². The van der Waals surface area contributed by atoms with Gasteiger partial charge >= 0.3 is 0 Å². The van der Waals surface area contributed by atoms with Crippen molar-refractivity contribution in [3.63, 3.8) is 0 Å². The fourth-order valence-electron chi connectivity index (χ4n) is 2.39. The number of fused-ring (bicyclic) bond motifs is 1. The lowest BCUT2D eigenvalue weighted by atomic mass is 10.2. The Bertz CT molecular complexity index is 762. The van der Waals surface area contributed by atoms with Gasteiger partial charge in [-0.3, -0.25) is 0 Å². The van der Waals surface area contributed by atoms with Crippen LogP contribution in [0.5, 0.6) is 0 Å². The first-order valence-corrected chi connectivity index (χ1v) is 7.33. The van der Waals surface area contributed by atoms with E-state index in [1.807, 2.05) is 6.20 Å². The second-order valence-corrected chi connectivity index (χ2v) is 5.81. The van der Waals surface area contributed by atoms with Crippen LogP contribution in [-0.4, -0.2) is 9.55 Å². The summed E-state index contributed by atoms with van der Waals surface area (Å²) in [6, 6.07) is 10.5. The molecule has 2 aromatic heterocycles. The SMILES string of the molecule is Cc1cc(NCc2cn(C)c3ccccc23)ncc1Br. The van der Waals surface area contributed by atoms with E-state index in [-0.39, 0.29) is 0 Å². The van der Waals surface area contributed by atoms with E-state index in [0.29, 0.717) is 0 Å². The van der Waals surface area contributed by atoms with Crippen molar-refractivity contribution in [2.24, 2.45) is 7.05 Å². The van der Waals surface area contributed by atoms with Crippen LogP contribution in [0.4, 0.5) is 5.82 Å². The van der Waals surface area contributed by atoms with Crippen LogP contribution in [0.15, 0.2) is 47.2 Å². The summed E-state index contributed by atoms with van der Waals surface area (Å²) in [4.78, 5) is 4.38. The summed E-state index contributed by atoms with van der Waals surface area (Å²) in [6.45, 7) is 2.84. The molecule has 3 aromatic rings. The van der Waals surface area contributed by atoms with Crippen LogP contribution in [-0.2, 0) is 13.6 Å². The lowest BCUT2D eigenvalue weighted by Crippen LogP contribution is -2.01. The van der Waals surface area contributed by atoms with Crippen LogP contribution >= 0.6 is 15.9 Å². The summed E-state index contributed by atoms with van der Waals surface area (Å²) in [5, 5.41) is 4.68. The van der Waals surface area contributed by atoms with Crippen LogP contribution in [0, 0.1) is 6.92 Å². The molecule has 0 radical (unpaired) electrons. The maximum absolute atomic E-state index is 4.38. The number of nitrogens with zero attached hydrogens (tertiary/aromatic N) is 2. The molecule has 1 aromatic carbocycles. The zero-order valence-electron chi connectivity index (χ0n) is 11.5. The van der Waals surface area contributed by atoms with Crippen LogP contribution < -0.4 is 5.32 Å². The molecule has 20 heavy (non-hydrogen) atoms. The molecule has 0 bridgehead atoms. The van der Waals surface area contributed by atoms with Crippen LogP contribution in [0.1, 0.15) is 11.1 Å². The predicted molar refractivity (Wildman–Crippen MR) is 86.9 cm³/mol. The lowest BCUT2D eigenvalue weighted by Gasteiger charge is -2.06. The summed E-state index contributed by atoms with van der Waals surface area (Å²) in [5.41, 5.74) is 3.72. The molecule has 0 aliphatic rings. The van der Waals surface area contributed by atoms with Gasteiger partial charge in [0.1, 0.15) is 5.82 Å². The lowest BCUT2D eigenvalue weighted by molar-refractivity contribution is 0.954. The molecule has 0 spiro atoms. The number of aryl methyl sites for hydroxylation is 2. The molecule has 0 aliphatic carbocycles. The number of halogens is 1. The van der Waals surface area contributed by atoms with E-state index < -0.39 is 0 Å². The Morgan fingerprint density at radius 3 is 2.90 bits per heavy atom. The second kappa shape index (κ2) is 5.29. The van der Waals surface area contributed by atoms with Gasteiger partial charge in [0.25, 0.3) is 0 Å². The third kappa shape index (κ3) is 2.43. The van der Waals surface area contributed by atoms with Crippen molar-refractivity contribution in [1.29, 1.82) is 0 Å². The zero-order chi connectivity index (χ0) is 14.1. The molecule has 0 unspecified atom stereocenters. The average molecular weight is 330 g/mol. The molecule has 0 saturated heterocycles. The van der Waals surface area contributed by atoms with Crippen molar-refractivity contribution in [3.05, 3.63) is 58.3 Å². The quantitative estimate of drug-likeness (QED) is 0.778. The minimum Gasteiger partial charge on any atom is -0.366 e. The molecule has 102 valence electrons. The molecule has 0 amide bonds. The van der Waals surface area contributed by atoms with E-state index in [1.54, 1.807) is 0 Å². The van der Waals surface area contributed by atoms with E-state index in [4.69, 9.17) is 0 Å². The van der Waals surface area contributed by atoms with Crippen LogP contribution in [0.2, 0.25) is 0 Å². The highest BCUT2D eigenvalue weighted by atomic mass is 79.9. The molecule has 1 N–H and O–H groups in total. The number of para-hydroxylation sites is 1. The number of anilines is 1. The van der Waals surface area contributed by atoms with Crippen molar-refractivity contribution in [2.75, 3.05) is 5.32 Å². The van der Waals surface area contributed by atoms with Gasteiger partial charge in [-0.15, -0.1) is 0 Å². The van der Waals surface area contributed by atoms with Gasteiger partial charge in [-0.05, 0) is 46.1 Å². The Labute approximate surface area is 126 Å². The summed E-state index contributed by atoms with van der Waals surface area (Å²) < 4.78 is 3.19. The Hall–Kier alpha value is -1.81. The minimum atomic E-state index is 0.773. The summed E-state index contributed by atoms with van der Waals surface area (Å²) in [5.74, 6) is 0.902. The molecule has 4 heteroatoms. The second-order valence-electron chi connectivity index (χ2n) is 4.95. The maximum atomic E-state index is 4.38. The molecule has 0 saturated carbocycles. The number of benzene rings is 1. The molecular formula is C16H16BrN3. The largest absolute Gasteiger partial charge is 0.366 e. The third-order valence-electron chi connectivity index (χ3n) is 3.49. The first kappa shape index (κ1) is 13.2. The zero-order valence-corrected chi connectivity index (χ0v) is 13.1. The van der Waals surface area contributed by atoms with E-state index in [1.165, 1.54) is 22.0 Å².